The fourth-order valence-corrected chi connectivity index (χ4v) is 1.79. The van der Waals surface area contributed by atoms with Crippen LogP contribution >= 0.6 is 31.9 Å². The summed E-state index contributed by atoms with van der Waals surface area (Å²) in [6.07, 6.45) is 2.38. The molecular weight excluding hydrogens is 318 g/mol. The van der Waals surface area contributed by atoms with Gasteiger partial charge in [0, 0.05) is 15.8 Å². The Balaban J connectivity index is 2.17. The molecule has 3 heteroatoms. The molecule has 0 saturated heterocycles. The Kier molecular flexibility index (Phi) is 6.53. The van der Waals surface area contributed by atoms with Gasteiger partial charge in [0.05, 0.1) is 0 Å². The molecule has 0 aliphatic heterocycles. The lowest BCUT2D eigenvalue weighted by Crippen LogP contribution is -2.17. The number of alkyl halides is 1. The quantitative estimate of drug-likeness (QED) is 0.610. The highest BCUT2D eigenvalue weighted by atomic mass is 79.9. The standard InChI is InChI=1S/C12H17Br2N/c1-2-11(13)7-8-15-9-10-3-5-12(14)6-4-10/h3-6,11,15H,2,7-9H2,1H3. The molecule has 0 aliphatic rings. The number of benzene rings is 1. The van der Waals surface area contributed by atoms with Crippen LogP contribution in [0.4, 0.5) is 0 Å². The summed E-state index contributed by atoms with van der Waals surface area (Å²) >= 11 is 7.06. The second-order valence-electron chi connectivity index (χ2n) is 3.60. The first-order valence-electron chi connectivity index (χ1n) is 5.31. The lowest BCUT2D eigenvalue weighted by Gasteiger charge is -2.08. The molecule has 0 bridgehead atoms. The molecule has 0 saturated carbocycles. The van der Waals surface area contributed by atoms with Gasteiger partial charge >= 0.3 is 0 Å². The third kappa shape index (κ3) is 5.69. The zero-order valence-electron chi connectivity index (χ0n) is 8.97. The molecule has 1 atom stereocenters. The van der Waals surface area contributed by atoms with Crippen molar-refractivity contribution in [1.29, 1.82) is 0 Å². The third-order valence-electron chi connectivity index (χ3n) is 2.32. The van der Waals surface area contributed by atoms with Gasteiger partial charge in [-0.3, -0.25) is 0 Å². The Morgan fingerprint density at radius 2 is 1.93 bits per heavy atom. The largest absolute Gasteiger partial charge is 0.313 e. The zero-order valence-corrected chi connectivity index (χ0v) is 12.1. The van der Waals surface area contributed by atoms with Gasteiger partial charge in [-0.1, -0.05) is 50.9 Å². The highest BCUT2D eigenvalue weighted by Crippen LogP contribution is 2.11. The fourth-order valence-electron chi connectivity index (χ4n) is 1.30. The van der Waals surface area contributed by atoms with Crippen molar-refractivity contribution in [2.75, 3.05) is 6.54 Å². The van der Waals surface area contributed by atoms with Gasteiger partial charge in [-0.2, -0.15) is 0 Å². The maximum Gasteiger partial charge on any atom is 0.0205 e. The van der Waals surface area contributed by atoms with Crippen molar-refractivity contribution in [3.8, 4) is 0 Å². The molecule has 84 valence electrons. The molecule has 1 aromatic carbocycles. The van der Waals surface area contributed by atoms with E-state index in [0.717, 1.165) is 17.6 Å². The average Bonchev–Trinajstić information content (AvgIpc) is 2.26. The first kappa shape index (κ1) is 13.2. The topological polar surface area (TPSA) is 12.0 Å². The Bertz CT molecular complexity index is 271. The molecule has 0 aliphatic carbocycles. The van der Waals surface area contributed by atoms with E-state index in [-0.39, 0.29) is 0 Å². The molecule has 15 heavy (non-hydrogen) atoms. The summed E-state index contributed by atoms with van der Waals surface area (Å²) in [7, 11) is 0. The molecule has 0 spiro atoms. The van der Waals surface area contributed by atoms with Gasteiger partial charge in [0.2, 0.25) is 0 Å². The van der Waals surface area contributed by atoms with Crippen molar-refractivity contribution in [2.45, 2.75) is 31.1 Å². The molecule has 0 amide bonds. The third-order valence-corrected chi connectivity index (χ3v) is 3.95. The van der Waals surface area contributed by atoms with E-state index in [1.165, 1.54) is 18.4 Å². The Morgan fingerprint density at radius 3 is 2.53 bits per heavy atom. The molecule has 0 radical (unpaired) electrons. The summed E-state index contributed by atoms with van der Waals surface area (Å²) in [6, 6.07) is 8.44. The first-order chi connectivity index (χ1) is 7.22. The second kappa shape index (κ2) is 7.42. The minimum atomic E-state index is 0.648. The van der Waals surface area contributed by atoms with Crippen molar-refractivity contribution < 1.29 is 0 Å². The molecule has 0 aromatic heterocycles. The van der Waals surface area contributed by atoms with E-state index in [9.17, 15) is 0 Å². The first-order valence-corrected chi connectivity index (χ1v) is 7.02. The van der Waals surface area contributed by atoms with Crippen LogP contribution in [0.1, 0.15) is 25.3 Å². The molecule has 1 nitrogen and oxygen atoms in total. The van der Waals surface area contributed by atoms with Crippen molar-refractivity contribution in [1.82, 2.24) is 5.32 Å². The number of hydrogen-bond donors (Lipinski definition) is 1. The van der Waals surface area contributed by atoms with Crippen LogP contribution in [0.5, 0.6) is 0 Å². The van der Waals surface area contributed by atoms with Gasteiger partial charge < -0.3 is 5.32 Å². The molecular formula is C12H17Br2N. The van der Waals surface area contributed by atoms with E-state index in [4.69, 9.17) is 0 Å². The van der Waals surface area contributed by atoms with E-state index in [2.05, 4.69) is 68.4 Å². The van der Waals surface area contributed by atoms with Crippen LogP contribution in [-0.2, 0) is 6.54 Å². The van der Waals surface area contributed by atoms with Crippen LogP contribution in [0.3, 0.4) is 0 Å². The SMILES string of the molecule is CCC(Br)CCNCc1ccc(Br)cc1. The molecule has 1 N–H and O–H groups in total. The summed E-state index contributed by atoms with van der Waals surface area (Å²) in [4.78, 5) is 0.648. The van der Waals surface area contributed by atoms with E-state index < -0.39 is 0 Å². The molecule has 0 heterocycles. The molecule has 1 rings (SSSR count). The van der Waals surface area contributed by atoms with Crippen LogP contribution in [-0.4, -0.2) is 11.4 Å². The summed E-state index contributed by atoms with van der Waals surface area (Å²) in [5, 5.41) is 3.44. The smallest absolute Gasteiger partial charge is 0.0205 e. The number of halogens is 2. The number of rotatable bonds is 6. The van der Waals surface area contributed by atoms with E-state index in [1.54, 1.807) is 0 Å². The van der Waals surface area contributed by atoms with Gasteiger partial charge in [0.15, 0.2) is 0 Å². The lowest BCUT2D eigenvalue weighted by atomic mass is 10.2. The van der Waals surface area contributed by atoms with E-state index in [1.807, 2.05) is 0 Å². The molecule has 1 unspecified atom stereocenters. The van der Waals surface area contributed by atoms with Crippen LogP contribution < -0.4 is 5.32 Å². The van der Waals surface area contributed by atoms with Crippen LogP contribution in [0, 0.1) is 0 Å². The number of hydrogen-bond acceptors (Lipinski definition) is 1. The maximum atomic E-state index is 3.63. The summed E-state index contributed by atoms with van der Waals surface area (Å²) in [5.41, 5.74) is 1.33. The average molecular weight is 335 g/mol. The van der Waals surface area contributed by atoms with E-state index >= 15 is 0 Å². The molecule has 1 aromatic rings. The Hall–Kier alpha value is 0.140. The van der Waals surface area contributed by atoms with Crippen molar-refractivity contribution in [3.63, 3.8) is 0 Å². The highest BCUT2D eigenvalue weighted by molar-refractivity contribution is 9.10. The zero-order chi connectivity index (χ0) is 11.1. The summed E-state index contributed by atoms with van der Waals surface area (Å²) < 4.78 is 1.14. The number of nitrogens with one attached hydrogen (secondary N) is 1. The van der Waals surface area contributed by atoms with Gasteiger partial charge in [-0.05, 0) is 37.1 Å². The lowest BCUT2D eigenvalue weighted by molar-refractivity contribution is 0.630. The van der Waals surface area contributed by atoms with Gasteiger partial charge in [-0.25, -0.2) is 0 Å². The van der Waals surface area contributed by atoms with Gasteiger partial charge in [0.1, 0.15) is 0 Å². The second-order valence-corrected chi connectivity index (χ2v) is 5.81. The Morgan fingerprint density at radius 1 is 1.27 bits per heavy atom. The van der Waals surface area contributed by atoms with E-state index in [0.29, 0.717) is 4.83 Å². The molecule has 0 fully saturated rings. The van der Waals surface area contributed by atoms with Gasteiger partial charge in [-0.15, -0.1) is 0 Å². The van der Waals surface area contributed by atoms with Crippen LogP contribution in [0.2, 0.25) is 0 Å². The summed E-state index contributed by atoms with van der Waals surface area (Å²) in [5.74, 6) is 0. The van der Waals surface area contributed by atoms with Crippen molar-refractivity contribution in [2.24, 2.45) is 0 Å². The summed E-state index contributed by atoms with van der Waals surface area (Å²) in [6.45, 7) is 4.23. The van der Waals surface area contributed by atoms with Crippen molar-refractivity contribution in [3.05, 3.63) is 34.3 Å². The Labute approximate surface area is 109 Å². The van der Waals surface area contributed by atoms with Crippen LogP contribution in [0.25, 0.3) is 0 Å². The minimum Gasteiger partial charge on any atom is -0.313 e. The highest BCUT2D eigenvalue weighted by Gasteiger charge is 1.99. The normalized spacial score (nSPS) is 12.7. The predicted molar refractivity (Wildman–Crippen MR) is 73.5 cm³/mol. The monoisotopic (exact) mass is 333 g/mol. The van der Waals surface area contributed by atoms with Crippen LogP contribution in [0.15, 0.2) is 28.7 Å². The van der Waals surface area contributed by atoms with Crippen molar-refractivity contribution >= 4 is 31.9 Å². The fraction of sp³-hybridized carbons (Fsp3) is 0.500. The minimum absolute atomic E-state index is 0.648. The van der Waals surface area contributed by atoms with Gasteiger partial charge in [0.25, 0.3) is 0 Å². The predicted octanol–water partition coefficient (Wildman–Crippen LogP) is 4.10. The maximum absolute atomic E-state index is 3.63.